The minimum absolute atomic E-state index is 0.0509. The van der Waals surface area contributed by atoms with Gasteiger partial charge in [0.1, 0.15) is 11.4 Å². The molecule has 9 aromatic carbocycles. The molecule has 16 heteroatoms. The molecule has 0 radical (unpaired) electrons. The summed E-state index contributed by atoms with van der Waals surface area (Å²) in [6.45, 7) is 16.7. The SMILES string of the molecule is Cc1cc(-c2ccc(-c3nc(-c4ccccc4)nc(-c4ccccn4)n3)cc2)c2ccc3ccc(C(C)(C)C)nc3c2n1.Cc1ccc2ccc3c(-c4ccc(-c5nc(-c6ccccc6)cc(-c6ccccn6)n5)cc4)cc(C)nc3c2n1.Cc1ccc2ccc3c(-c4cccc(-c5cc(-c6ccccc6)nc(-c6ccccn6)n5)c4)cc(C)nc3c2n1. The summed E-state index contributed by atoms with van der Waals surface area (Å²) in [6, 6.07) is 109. The van der Waals surface area contributed by atoms with Crippen LogP contribution in [0.25, 0.3) is 201 Å². The molecule has 0 saturated carbocycles. The van der Waals surface area contributed by atoms with Crippen molar-refractivity contribution in [3.63, 3.8) is 0 Å². The number of aryl methyl sites for hydroxylation is 5. The molecular formula is C107H80N16. The smallest absolute Gasteiger partial charge is 0.182 e. The lowest BCUT2D eigenvalue weighted by Crippen LogP contribution is -2.13. The lowest BCUT2D eigenvalue weighted by molar-refractivity contribution is 0.571. The van der Waals surface area contributed by atoms with E-state index >= 15 is 0 Å². The second kappa shape index (κ2) is 33.1. The van der Waals surface area contributed by atoms with Crippen molar-refractivity contribution in [3.8, 4) is 136 Å². The zero-order valence-corrected chi connectivity index (χ0v) is 69.0. The number of hydrogen-bond donors (Lipinski definition) is 0. The van der Waals surface area contributed by atoms with Crippen molar-refractivity contribution in [2.75, 3.05) is 0 Å². The zero-order chi connectivity index (χ0) is 83.7. The Bertz CT molecular complexity index is 7380. The van der Waals surface area contributed by atoms with Gasteiger partial charge >= 0.3 is 0 Å². The highest BCUT2D eigenvalue weighted by atomic mass is 15.0. The maximum Gasteiger partial charge on any atom is 0.182 e. The van der Waals surface area contributed by atoms with Crippen molar-refractivity contribution >= 4 is 65.4 Å². The van der Waals surface area contributed by atoms with Gasteiger partial charge in [-0.05, 0) is 159 Å². The first-order valence-electron chi connectivity index (χ1n) is 40.9. The topological polar surface area (TPSA) is 206 Å². The third kappa shape index (κ3) is 16.2. The molecule has 12 heterocycles. The van der Waals surface area contributed by atoms with Crippen LogP contribution in [-0.4, -0.2) is 79.7 Å². The van der Waals surface area contributed by atoms with Gasteiger partial charge in [-0.25, -0.2) is 39.9 Å². The lowest BCUT2D eigenvalue weighted by Gasteiger charge is -2.18. The Labute approximate surface area is 711 Å². The minimum Gasteiger partial charge on any atom is -0.255 e. The molecule has 0 aliphatic carbocycles. The molecule has 0 aliphatic heterocycles. The van der Waals surface area contributed by atoms with E-state index in [0.29, 0.717) is 34.8 Å². The van der Waals surface area contributed by atoms with Gasteiger partial charge in [0.25, 0.3) is 0 Å². The number of rotatable bonds is 12. The molecule has 16 nitrogen and oxygen atoms in total. The first-order chi connectivity index (χ1) is 60.1. The summed E-state index contributed by atoms with van der Waals surface area (Å²) in [5.74, 6) is 3.01. The van der Waals surface area contributed by atoms with Crippen LogP contribution in [0.1, 0.15) is 54.9 Å². The maximum absolute atomic E-state index is 5.08. The van der Waals surface area contributed by atoms with E-state index in [-0.39, 0.29) is 5.41 Å². The Balaban J connectivity index is 0.000000121. The van der Waals surface area contributed by atoms with Crippen LogP contribution in [-0.2, 0) is 5.41 Å². The number of hydrogen-bond acceptors (Lipinski definition) is 16. The highest BCUT2D eigenvalue weighted by Gasteiger charge is 2.22. The fraction of sp³-hybridized carbons (Fsp3) is 0.0841. The molecule has 0 spiro atoms. The minimum atomic E-state index is -0.0509. The Morgan fingerprint density at radius 2 is 0.512 bits per heavy atom. The first kappa shape index (κ1) is 77.0. The van der Waals surface area contributed by atoms with Crippen molar-refractivity contribution < 1.29 is 0 Å². The van der Waals surface area contributed by atoms with Crippen molar-refractivity contribution in [2.24, 2.45) is 0 Å². The highest BCUT2D eigenvalue weighted by molar-refractivity contribution is 6.11. The van der Waals surface area contributed by atoms with E-state index < -0.39 is 0 Å². The monoisotopic (exact) mass is 1590 g/mol. The average molecular weight is 1590 g/mol. The average Bonchev–Trinajstić information content (AvgIpc) is 0.764. The van der Waals surface area contributed by atoms with Crippen molar-refractivity contribution in [1.82, 2.24) is 79.7 Å². The Morgan fingerprint density at radius 1 is 0.187 bits per heavy atom. The van der Waals surface area contributed by atoms with E-state index in [0.717, 1.165) is 201 Å². The van der Waals surface area contributed by atoms with Gasteiger partial charge in [0.05, 0.1) is 61.6 Å². The van der Waals surface area contributed by atoms with Crippen LogP contribution in [0.2, 0.25) is 0 Å². The fourth-order valence-corrected chi connectivity index (χ4v) is 15.5. The highest BCUT2D eigenvalue weighted by Crippen LogP contribution is 2.40. The van der Waals surface area contributed by atoms with Crippen molar-refractivity contribution in [3.05, 3.63) is 374 Å². The van der Waals surface area contributed by atoms with Gasteiger partial charge in [0.2, 0.25) is 0 Å². The van der Waals surface area contributed by atoms with Crippen LogP contribution < -0.4 is 0 Å². The standard InChI is InChI=1S/C37H30N6.2C35H25N5/c1-23-22-29(28-19-17-25-18-20-31(37(2,3)4)40-32(25)33(28)39-23)24-13-15-27(16-14-24)35-41-34(26-10-6-5-7-11-26)42-36(43-35)30-12-8-9-21-38-30;1-22-14-15-25-16-17-28-29(19-23(2)38-34(28)33(25)37-22)26-11-8-12-27(20-26)32-21-31(24-9-4-3-5-10-24)39-35(40-32)30-13-6-7-18-36-30;1-22-11-12-26-17-18-28-29(20-23(2)38-34(28)33(26)37-22)24-13-15-27(16-14-24)35-39-31(25-8-4-3-5-9-25)21-32(40-35)30-10-6-7-19-36-30/h5-22H,1-4H3;2*3-21H,1-2H3. The molecule has 0 fully saturated rings. The number of fused-ring (bicyclic) bond motifs is 9. The Morgan fingerprint density at radius 3 is 0.967 bits per heavy atom. The summed E-state index contributed by atoms with van der Waals surface area (Å²) in [7, 11) is 0. The molecule has 0 bridgehead atoms. The molecule has 0 N–H and O–H groups in total. The Kier molecular flexibility index (Phi) is 20.7. The van der Waals surface area contributed by atoms with Crippen LogP contribution in [0.3, 0.4) is 0 Å². The Hall–Kier alpha value is -15.9. The van der Waals surface area contributed by atoms with Crippen LogP contribution in [0.15, 0.2) is 340 Å². The number of aromatic nitrogens is 16. The summed E-state index contributed by atoms with van der Waals surface area (Å²) in [4.78, 5) is 77.2. The third-order valence-corrected chi connectivity index (χ3v) is 21.7. The molecule has 588 valence electrons. The van der Waals surface area contributed by atoms with E-state index in [4.69, 9.17) is 64.8 Å². The van der Waals surface area contributed by atoms with Gasteiger partial charge in [-0.3, -0.25) is 39.9 Å². The van der Waals surface area contributed by atoms with Gasteiger partial charge < -0.3 is 0 Å². The second-order valence-electron chi connectivity index (χ2n) is 31.6. The summed E-state index contributed by atoms with van der Waals surface area (Å²) < 4.78 is 0. The molecular weight excluding hydrogens is 1510 g/mol. The van der Waals surface area contributed by atoms with E-state index in [2.05, 4.69) is 218 Å². The fourth-order valence-electron chi connectivity index (χ4n) is 15.5. The van der Waals surface area contributed by atoms with Gasteiger partial charge in [-0.1, -0.05) is 251 Å². The van der Waals surface area contributed by atoms with Crippen molar-refractivity contribution in [1.29, 1.82) is 0 Å². The lowest BCUT2D eigenvalue weighted by atomic mass is 9.91. The molecule has 0 saturated heterocycles. The molecule has 21 rings (SSSR count). The molecule has 0 unspecified atom stereocenters. The third-order valence-electron chi connectivity index (χ3n) is 21.7. The molecule has 0 aliphatic rings. The molecule has 12 aromatic heterocycles. The van der Waals surface area contributed by atoms with Gasteiger partial charge in [-0.2, -0.15) is 0 Å². The van der Waals surface area contributed by atoms with Gasteiger partial charge in [0.15, 0.2) is 29.1 Å². The van der Waals surface area contributed by atoms with Crippen LogP contribution in [0, 0.1) is 34.6 Å². The van der Waals surface area contributed by atoms with Crippen LogP contribution >= 0.6 is 0 Å². The summed E-state index contributed by atoms with van der Waals surface area (Å²) in [6.07, 6.45) is 5.31. The molecule has 123 heavy (non-hydrogen) atoms. The molecule has 0 amide bonds. The molecule has 21 aromatic rings. The van der Waals surface area contributed by atoms with E-state index in [1.54, 1.807) is 18.6 Å². The van der Waals surface area contributed by atoms with E-state index in [9.17, 15) is 0 Å². The maximum atomic E-state index is 5.08. The quantitative estimate of drug-likeness (QED) is 0.104. The normalized spacial score (nSPS) is 11.4. The van der Waals surface area contributed by atoms with E-state index in [1.165, 1.54) is 0 Å². The zero-order valence-electron chi connectivity index (χ0n) is 69.0. The number of benzene rings is 9. The predicted molar refractivity (Wildman–Crippen MR) is 497 cm³/mol. The predicted octanol–water partition coefficient (Wildman–Crippen LogP) is 25.1. The largest absolute Gasteiger partial charge is 0.255 e. The van der Waals surface area contributed by atoms with Crippen molar-refractivity contribution in [2.45, 2.75) is 60.8 Å². The van der Waals surface area contributed by atoms with Crippen LogP contribution in [0.4, 0.5) is 0 Å². The summed E-state index contributed by atoms with van der Waals surface area (Å²) in [5, 5.41) is 6.52. The van der Waals surface area contributed by atoms with Gasteiger partial charge in [-0.15, -0.1) is 0 Å². The first-order valence-corrected chi connectivity index (χ1v) is 40.9. The van der Waals surface area contributed by atoms with Gasteiger partial charge in [0, 0.05) is 124 Å². The summed E-state index contributed by atoms with van der Waals surface area (Å²) >= 11 is 0. The second-order valence-corrected chi connectivity index (χ2v) is 31.6. The number of pyridine rings is 9. The molecule has 0 atom stereocenters. The van der Waals surface area contributed by atoms with E-state index in [1.807, 2.05) is 174 Å². The number of nitrogens with zero attached hydrogens (tertiary/aromatic N) is 16. The summed E-state index contributed by atoms with van der Waals surface area (Å²) in [5.41, 5.74) is 29.5. The van der Waals surface area contributed by atoms with Crippen LogP contribution in [0.5, 0.6) is 0 Å².